The first-order chi connectivity index (χ1) is 52.4. The Morgan fingerprint density at radius 3 is 0.333 bits per heavy atom. The average Bonchev–Trinajstić information content (AvgIpc) is 0.874. The number of aryl methyl sites for hydroxylation is 6. The molecule has 564 valence electrons. The lowest BCUT2D eigenvalue weighted by Gasteiger charge is -2.26. The van der Waals surface area contributed by atoms with Crippen LogP contribution in [0.15, 0.2) is 133 Å². The molecule has 14 rings (SSSR count). The van der Waals surface area contributed by atoms with Crippen molar-refractivity contribution in [3.05, 3.63) is 173 Å². The summed E-state index contributed by atoms with van der Waals surface area (Å²) in [6, 6.07) is 23.1. The van der Waals surface area contributed by atoms with Gasteiger partial charge in [-0.1, -0.05) is 77.0 Å². The van der Waals surface area contributed by atoms with Crippen molar-refractivity contribution in [1.29, 1.82) is 0 Å². The minimum atomic E-state index is -0.0317. The number of aliphatic imine (C=N–C) groups is 12. The first-order valence-electron chi connectivity index (χ1n) is 39.8. The van der Waals surface area contributed by atoms with E-state index in [1.165, 1.54) is 0 Å². The Bertz CT molecular complexity index is 3600. The third kappa shape index (κ3) is 19.3. The SMILES string of the molecule is Cc1cc2c(O)c(c1)C=N[C@@H]1CCCC[C@H]1N=Cc1cc(C)cc(c1O)C=N[C@@H]1CCCC[C@H]1N=Cc1cc(C)cc(c1O)C=N[C@@H]1CCCC[C@H]1N=C2.Cc1cc2c(O)c(c1)C=N[C@@H]1CCCC[C@H]1N=Cc1cc(C)cc(c1O)C=N[C@@H]1CCCC[C@H]1N=Cc1cc(C)cc(c1O)C=N[C@@H]1CCCC[C@H]1N=C2. The fourth-order valence-electron chi connectivity index (χ4n) is 16.9. The normalized spacial score (nSPS) is 26.1. The molecule has 6 fully saturated rings. The second kappa shape index (κ2) is 35.9. The summed E-state index contributed by atoms with van der Waals surface area (Å²) in [4.78, 5) is 60.0. The van der Waals surface area contributed by atoms with Crippen LogP contribution in [0.3, 0.4) is 0 Å². The molecule has 12 bridgehead atoms. The maximum Gasteiger partial charge on any atom is 0.133 e. The van der Waals surface area contributed by atoms with Crippen molar-refractivity contribution in [2.24, 2.45) is 59.9 Å². The van der Waals surface area contributed by atoms with Gasteiger partial charge in [0, 0.05) is 141 Å². The molecule has 0 spiro atoms. The van der Waals surface area contributed by atoms with Gasteiger partial charge in [-0.3, -0.25) is 59.9 Å². The second-order valence-electron chi connectivity index (χ2n) is 31.6. The molecule has 0 radical (unpaired) electrons. The number of hydrogen-bond acceptors (Lipinski definition) is 18. The summed E-state index contributed by atoms with van der Waals surface area (Å²) in [6.45, 7) is 12.1. The van der Waals surface area contributed by atoms with Gasteiger partial charge in [0.25, 0.3) is 0 Å². The van der Waals surface area contributed by atoms with E-state index in [-0.39, 0.29) is 107 Å². The monoisotopic (exact) mass is 1450 g/mol. The van der Waals surface area contributed by atoms with Crippen LogP contribution in [0.2, 0.25) is 0 Å². The van der Waals surface area contributed by atoms with E-state index in [1.54, 1.807) is 74.6 Å². The molecular formula is C90H108N12O6. The summed E-state index contributed by atoms with van der Waals surface area (Å²) >= 11 is 0. The number of benzene rings is 6. The third-order valence-corrected chi connectivity index (χ3v) is 22.9. The van der Waals surface area contributed by atoms with Gasteiger partial charge < -0.3 is 30.6 Å². The maximum absolute atomic E-state index is 11.4. The molecule has 0 amide bonds. The Hall–Kier alpha value is -9.84. The van der Waals surface area contributed by atoms with Crippen molar-refractivity contribution < 1.29 is 30.6 Å². The van der Waals surface area contributed by atoms with Crippen LogP contribution in [0.5, 0.6) is 34.5 Å². The number of fused-ring (bicyclic) bond motifs is 18. The standard InChI is InChI=1S/2C45H54N6O3/c2*1-28-16-31-22-46-37-10-4-6-12-39(37)48-24-33-18-29(2)20-35(44(33)53)26-50-41-14-8-9-15-42(41)51-27-36-21-30(3)19-34(45(36)54)25-49-40-13-7-5-11-38(40)47-23-32(17-28)43(31)52/h2*16-27,37-42,52-54H,4-15H2,1-3H3/t2*37-,38-,39-,40-,41-,42-/m11/s1. The highest BCUT2D eigenvalue weighted by atomic mass is 16.3. The lowest BCUT2D eigenvalue weighted by atomic mass is 9.91. The second-order valence-corrected chi connectivity index (χ2v) is 31.6. The van der Waals surface area contributed by atoms with Crippen molar-refractivity contribution in [3.8, 4) is 34.5 Å². The average molecular weight is 1450 g/mol. The van der Waals surface area contributed by atoms with Gasteiger partial charge in [0.15, 0.2) is 0 Å². The molecule has 6 aromatic carbocycles. The molecule has 2 aliphatic heterocycles. The zero-order chi connectivity index (χ0) is 75.2. The summed E-state index contributed by atoms with van der Waals surface area (Å²) < 4.78 is 0. The molecule has 108 heavy (non-hydrogen) atoms. The van der Waals surface area contributed by atoms with Gasteiger partial charge in [0.2, 0.25) is 0 Å². The number of phenols is 6. The molecule has 0 saturated heterocycles. The molecule has 0 unspecified atom stereocenters. The van der Waals surface area contributed by atoms with E-state index in [2.05, 4.69) is 0 Å². The van der Waals surface area contributed by atoms with Gasteiger partial charge >= 0.3 is 0 Å². The number of rotatable bonds is 0. The molecule has 18 nitrogen and oxygen atoms in total. The summed E-state index contributed by atoms with van der Waals surface area (Å²) in [6.07, 6.45) is 45.3. The third-order valence-electron chi connectivity index (χ3n) is 22.9. The molecule has 6 saturated carbocycles. The van der Waals surface area contributed by atoms with E-state index in [0.717, 1.165) is 187 Å². The zero-order valence-corrected chi connectivity index (χ0v) is 63.8. The molecule has 6 N–H and O–H groups in total. The molecule has 0 aromatic heterocycles. The van der Waals surface area contributed by atoms with Crippen LogP contribution in [-0.2, 0) is 0 Å². The van der Waals surface area contributed by atoms with Crippen molar-refractivity contribution >= 4 is 74.6 Å². The van der Waals surface area contributed by atoms with E-state index >= 15 is 0 Å². The Morgan fingerprint density at radius 2 is 0.250 bits per heavy atom. The molecule has 2 heterocycles. The van der Waals surface area contributed by atoms with Crippen LogP contribution in [0.1, 0.15) is 254 Å². The quantitative estimate of drug-likeness (QED) is 0.0860. The largest absolute Gasteiger partial charge is 0.507 e. The van der Waals surface area contributed by atoms with Crippen LogP contribution in [-0.4, -0.2) is 178 Å². The van der Waals surface area contributed by atoms with Crippen molar-refractivity contribution in [3.63, 3.8) is 0 Å². The minimum Gasteiger partial charge on any atom is -0.507 e. The summed E-state index contributed by atoms with van der Waals surface area (Å²) in [5.74, 6) is 0.971. The van der Waals surface area contributed by atoms with Gasteiger partial charge in [0.1, 0.15) is 34.5 Å². The highest BCUT2D eigenvalue weighted by molar-refractivity contribution is 5.97. The van der Waals surface area contributed by atoms with E-state index in [0.29, 0.717) is 66.8 Å². The topological polar surface area (TPSA) is 270 Å². The summed E-state index contributed by atoms with van der Waals surface area (Å²) in [5.41, 5.74) is 14.0. The Balaban J connectivity index is 0.000000190. The summed E-state index contributed by atoms with van der Waals surface area (Å²) in [7, 11) is 0. The number of nitrogens with zero attached hydrogens (tertiary/aromatic N) is 12. The van der Waals surface area contributed by atoms with Crippen LogP contribution < -0.4 is 0 Å². The number of phenolic OH excluding ortho intramolecular Hbond substituents is 6. The highest BCUT2D eigenvalue weighted by Crippen LogP contribution is 2.36. The van der Waals surface area contributed by atoms with E-state index < -0.39 is 0 Å². The van der Waals surface area contributed by atoms with E-state index in [1.807, 2.05) is 114 Å². The lowest BCUT2D eigenvalue weighted by Crippen LogP contribution is -2.27. The van der Waals surface area contributed by atoms with Crippen molar-refractivity contribution in [2.75, 3.05) is 0 Å². The Kier molecular flexibility index (Phi) is 25.4. The molecule has 6 aromatic rings. The highest BCUT2D eigenvalue weighted by Gasteiger charge is 2.31. The van der Waals surface area contributed by atoms with Crippen LogP contribution in [0.4, 0.5) is 0 Å². The Morgan fingerprint density at radius 1 is 0.167 bits per heavy atom. The van der Waals surface area contributed by atoms with Crippen molar-refractivity contribution in [2.45, 2.75) is 268 Å². The van der Waals surface area contributed by atoms with Gasteiger partial charge in [-0.15, -0.1) is 0 Å². The molecule has 8 aliphatic rings. The minimum absolute atomic E-state index is 0.0317. The Labute approximate surface area is 637 Å². The first kappa shape index (κ1) is 76.4. The maximum atomic E-state index is 11.4. The first-order valence-corrected chi connectivity index (χ1v) is 39.8. The molecule has 6 aliphatic carbocycles. The van der Waals surface area contributed by atoms with Crippen LogP contribution in [0, 0.1) is 41.5 Å². The van der Waals surface area contributed by atoms with Crippen molar-refractivity contribution in [1.82, 2.24) is 0 Å². The smallest absolute Gasteiger partial charge is 0.133 e. The summed E-state index contributed by atoms with van der Waals surface area (Å²) in [5, 5.41) is 68.5. The predicted octanol–water partition coefficient (Wildman–Crippen LogP) is 17.2. The van der Waals surface area contributed by atoms with Crippen LogP contribution >= 0.6 is 0 Å². The fourth-order valence-corrected chi connectivity index (χ4v) is 16.9. The molecule has 18 heteroatoms. The van der Waals surface area contributed by atoms with E-state index in [9.17, 15) is 30.6 Å². The molecular weight excluding hydrogens is 1350 g/mol. The van der Waals surface area contributed by atoms with Gasteiger partial charge in [0.05, 0.1) is 72.5 Å². The van der Waals surface area contributed by atoms with Gasteiger partial charge in [-0.25, -0.2) is 0 Å². The van der Waals surface area contributed by atoms with E-state index in [4.69, 9.17) is 59.9 Å². The zero-order valence-electron chi connectivity index (χ0n) is 63.8. The predicted molar refractivity (Wildman–Crippen MR) is 444 cm³/mol. The lowest BCUT2D eigenvalue weighted by molar-refractivity contribution is 0.389. The van der Waals surface area contributed by atoms with Gasteiger partial charge in [-0.05, 0) is 225 Å². The number of hydrogen-bond donors (Lipinski definition) is 6. The number of aromatic hydroxyl groups is 6. The fraction of sp³-hybridized carbons (Fsp3) is 0.467. The molecule has 12 atom stereocenters. The van der Waals surface area contributed by atoms with Crippen LogP contribution in [0.25, 0.3) is 0 Å². The van der Waals surface area contributed by atoms with Gasteiger partial charge in [-0.2, -0.15) is 0 Å².